The fraction of sp³-hybridized carbons (Fsp3) is 0.0678. The second-order valence-corrected chi connectivity index (χ2v) is 18.2. The van der Waals surface area contributed by atoms with E-state index in [4.69, 9.17) is 4.98 Å². The van der Waals surface area contributed by atoms with Gasteiger partial charge in [0.1, 0.15) is 0 Å². The van der Waals surface area contributed by atoms with Crippen LogP contribution in [0.5, 0.6) is 0 Å². The molecule has 3 heteroatoms. The molecule has 2 heterocycles. The Labute approximate surface area is 367 Å². The normalized spacial score (nSPS) is 11.8. The van der Waals surface area contributed by atoms with Crippen molar-refractivity contribution in [3.8, 4) is 71.3 Å². The Bertz CT molecular complexity index is 3390. The minimum absolute atomic E-state index is 0.0354. The van der Waals surface area contributed by atoms with E-state index in [1.165, 1.54) is 76.7 Å². The van der Waals surface area contributed by atoms with Gasteiger partial charge in [-0.15, -0.1) is 11.3 Å². The first-order valence-corrected chi connectivity index (χ1v) is 22.2. The van der Waals surface area contributed by atoms with Crippen LogP contribution >= 0.6 is 11.3 Å². The highest BCUT2D eigenvalue weighted by Gasteiger charge is 2.26. The third-order valence-electron chi connectivity index (χ3n) is 12.2. The lowest BCUT2D eigenvalue weighted by atomic mass is 9.80. The number of hydrogen-bond acceptors (Lipinski definition) is 2. The SMILES string of the molecule is CC(C)(C)c1ccc(-n2c(-c3ccc(-c4cc(-c5ccccc5)c(-c5ccccc5)c(-c5ccccc5)c4-c4ccccc4)s3)nc3c4ccccc4c4ccccc4c32)cc1. The van der Waals surface area contributed by atoms with Crippen molar-refractivity contribution in [3.05, 3.63) is 218 Å². The molecule has 2 nitrogen and oxygen atoms in total. The average molecular weight is 813 g/mol. The van der Waals surface area contributed by atoms with Gasteiger partial charge in [0.25, 0.3) is 0 Å². The standard InChI is InChI=1S/C59H44N2S/c1-59(2,3)43-32-34-44(35-33-43)61-57-48-31-19-17-29-46(48)45-28-16-18-30-47(45)56(57)60-58(61)52-37-36-51(62-52)50-38-49(39-20-8-4-9-21-39)53(40-22-10-5-11-23-40)55(42-26-14-7-15-27-42)54(50)41-24-12-6-13-25-41/h4-38H,1-3H3. The molecule has 0 aliphatic rings. The summed E-state index contributed by atoms with van der Waals surface area (Å²) in [6.07, 6.45) is 0. The van der Waals surface area contributed by atoms with E-state index in [1.807, 2.05) is 11.3 Å². The van der Waals surface area contributed by atoms with Gasteiger partial charge < -0.3 is 0 Å². The van der Waals surface area contributed by atoms with E-state index < -0.39 is 0 Å². The van der Waals surface area contributed by atoms with Gasteiger partial charge in [-0.05, 0) is 96.6 Å². The number of imidazole rings is 1. The van der Waals surface area contributed by atoms with E-state index in [2.05, 4.69) is 238 Å². The predicted molar refractivity (Wildman–Crippen MR) is 265 cm³/mol. The highest BCUT2D eigenvalue weighted by Crippen LogP contribution is 2.52. The van der Waals surface area contributed by atoms with Crippen LogP contribution in [0.1, 0.15) is 26.3 Å². The lowest BCUT2D eigenvalue weighted by Crippen LogP contribution is -2.11. The quantitative estimate of drug-likeness (QED) is 0.147. The Morgan fingerprint density at radius 1 is 0.403 bits per heavy atom. The molecule has 0 aliphatic heterocycles. The molecule has 62 heavy (non-hydrogen) atoms. The number of nitrogens with zero attached hydrogens (tertiary/aromatic N) is 2. The first-order chi connectivity index (χ1) is 30.4. The summed E-state index contributed by atoms with van der Waals surface area (Å²) in [4.78, 5) is 7.95. The molecular weight excluding hydrogens is 769 g/mol. The minimum Gasteiger partial charge on any atom is -0.291 e. The van der Waals surface area contributed by atoms with Crippen LogP contribution < -0.4 is 0 Å². The predicted octanol–water partition coefficient (Wildman–Crippen LogP) is 16.7. The molecule has 0 N–H and O–H groups in total. The molecule has 0 saturated carbocycles. The maximum Gasteiger partial charge on any atom is 0.155 e. The molecule has 2 aromatic heterocycles. The van der Waals surface area contributed by atoms with Crippen LogP contribution in [-0.4, -0.2) is 9.55 Å². The van der Waals surface area contributed by atoms with Gasteiger partial charge in [-0.1, -0.05) is 203 Å². The zero-order valence-corrected chi connectivity index (χ0v) is 35.8. The molecule has 0 bridgehead atoms. The van der Waals surface area contributed by atoms with Crippen molar-refractivity contribution in [1.82, 2.24) is 9.55 Å². The van der Waals surface area contributed by atoms with Crippen LogP contribution in [-0.2, 0) is 5.41 Å². The molecule has 0 radical (unpaired) electrons. The Morgan fingerprint density at radius 3 is 1.42 bits per heavy atom. The zero-order chi connectivity index (χ0) is 41.8. The first kappa shape index (κ1) is 37.7. The van der Waals surface area contributed by atoms with Crippen molar-refractivity contribution in [3.63, 3.8) is 0 Å². The molecule has 11 aromatic rings. The number of fused-ring (bicyclic) bond motifs is 6. The van der Waals surface area contributed by atoms with Gasteiger partial charge in [0.2, 0.25) is 0 Å². The van der Waals surface area contributed by atoms with Crippen LogP contribution in [0.25, 0.3) is 104 Å². The van der Waals surface area contributed by atoms with E-state index in [0.29, 0.717) is 0 Å². The summed E-state index contributed by atoms with van der Waals surface area (Å²) in [6.45, 7) is 6.82. The molecule has 0 aliphatic carbocycles. The molecule has 9 aromatic carbocycles. The Kier molecular flexibility index (Phi) is 9.29. The molecule has 0 saturated heterocycles. The van der Waals surface area contributed by atoms with Gasteiger partial charge in [0.15, 0.2) is 5.82 Å². The fourth-order valence-corrected chi connectivity index (χ4v) is 10.3. The van der Waals surface area contributed by atoms with Crippen molar-refractivity contribution in [1.29, 1.82) is 0 Å². The number of aromatic nitrogens is 2. The average Bonchev–Trinajstić information content (AvgIpc) is 3.99. The lowest BCUT2D eigenvalue weighted by molar-refractivity contribution is 0.590. The topological polar surface area (TPSA) is 17.8 Å². The summed E-state index contributed by atoms with van der Waals surface area (Å²) in [6, 6.07) is 77.3. The number of rotatable bonds is 7. The van der Waals surface area contributed by atoms with E-state index in [9.17, 15) is 0 Å². The smallest absolute Gasteiger partial charge is 0.155 e. The van der Waals surface area contributed by atoms with E-state index in [1.54, 1.807) is 0 Å². The fourth-order valence-electron chi connectivity index (χ4n) is 9.26. The molecule has 0 atom stereocenters. The van der Waals surface area contributed by atoms with E-state index in [0.717, 1.165) is 32.8 Å². The second kappa shape index (κ2) is 15.3. The van der Waals surface area contributed by atoms with Crippen molar-refractivity contribution in [2.45, 2.75) is 26.2 Å². The van der Waals surface area contributed by atoms with Crippen LogP contribution in [0.3, 0.4) is 0 Å². The minimum atomic E-state index is 0.0354. The second-order valence-electron chi connectivity index (χ2n) is 17.1. The first-order valence-electron chi connectivity index (χ1n) is 21.4. The molecule has 11 rings (SSSR count). The Balaban J connectivity index is 1.23. The molecule has 0 amide bonds. The molecule has 296 valence electrons. The highest BCUT2D eigenvalue weighted by molar-refractivity contribution is 7.18. The summed E-state index contributed by atoms with van der Waals surface area (Å²) in [5.74, 6) is 0.940. The van der Waals surface area contributed by atoms with E-state index in [-0.39, 0.29) is 5.41 Å². The monoisotopic (exact) mass is 812 g/mol. The maximum atomic E-state index is 5.65. The van der Waals surface area contributed by atoms with Crippen molar-refractivity contribution in [2.24, 2.45) is 0 Å². The van der Waals surface area contributed by atoms with Gasteiger partial charge >= 0.3 is 0 Å². The lowest BCUT2D eigenvalue weighted by Gasteiger charge is -2.24. The summed E-state index contributed by atoms with van der Waals surface area (Å²) in [7, 11) is 0. The van der Waals surface area contributed by atoms with Crippen LogP contribution in [0.4, 0.5) is 0 Å². The van der Waals surface area contributed by atoms with Gasteiger partial charge in [-0.25, -0.2) is 4.98 Å². The van der Waals surface area contributed by atoms with Gasteiger partial charge in [-0.2, -0.15) is 0 Å². The molecule has 0 fully saturated rings. The summed E-state index contributed by atoms with van der Waals surface area (Å²) in [5, 5.41) is 4.80. The van der Waals surface area contributed by atoms with Crippen molar-refractivity contribution in [2.75, 3.05) is 0 Å². The van der Waals surface area contributed by atoms with Gasteiger partial charge in [0.05, 0.1) is 15.9 Å². The molecule has 0 spiro atoms. The summed E-state index contributed by atoms with van der Waals surface area (Å²) >= 11 is 1.82. The van der Waals surface area contributed by atoms with Crippen molar-refractivity contribution >= 4 is 43.9 Å². The van der Waals surface area contributed by atoms with Crippen molar-refractivity contribution < 1.29 is 0 Å². The largest absolute Gasteiger partial charge is 0.291 e. The number of thiophene rings is 1. The van der Waals surface area contributed by atoms with Crippen LogP contribution in [0, 0.1) is 0 Å². The van der Waals surface area contributed by atoms with Crippen LogP contribution in [0.2, 0.25) is 0 Å². The molecular formula is C59H44N2S. The molecule has 0 unspecified atom stereocenters. The van der Waals surface area contributed by atoms with Gasteiger partial charge in [0, 0.05) is 26.9 Å². The summed E-state index contributed by atoms with van der Waals surface area (Å²) < 4.78 is 2.41. The van der Waals surface area contributed by atoms with E-state index >= 15 is 0 Å². The van der Waals surface area contributed by atoms with Crippen LogP contribution in [0.15, 0.2) is 212 Å². The number of benzene rings is 9. The highest BCUT2D eigenvalue weighted by atomic mass is 32.1. The third kappa shape index (κ3) is 6.45. The number of hydrogen-bond donors (Lipinski definition) is 0. The Hall–Kier alpha value is -7.33. The van der Waals surface area contributed by atoms with Gasteiger partial charge in [-0.3, -0.25) is 4.57 Å². The summed E-state index contributed by atoms with van der Waals surface area (Å²) in [5.41, 5.74) is 15.4. The zero-order valence-electron chi connectivity index (χ0n) is 35.0. The Morgan fingerprint density at radius 2 is 0.855 bits per heavy atom. The third-order valence-corrected chi connectivity index (χ3v) is 13.3. The maximum absolute atomic E-state index is 5.65.